The first-order valence-electron chi connectivity index (χ1n) is 9.05. The second-order valence-electron chi connectivity index (χ2n) is 7.01. The van der Waals surface area contributed by atoms with Gasteiger partial charge in [0.1, 0.15) is 5.82 Å². The minimum atomic E-state index is -0.360. The van der Waals surface area contributed by atoms with Gasteiger partial charge in [0.15, 0.2) is 5.96 Å². The van der Waals surface area contributed by atoms with E-state index in [0.29, 0.717) is 30.1 Å². The summed E-state index contributed by atoms with van der Waals surface area (Å²) in [6, 6.07) is 4.75. The van der Waals surface area contributed by atoms with Gasteiger partial charge in [-0.05, 0) is 43.5 Å². The lowest BCUT2D eigenvalue weighted by Crippen LogP contribution is -2.49. The van der Waals surface area contributed by atoms with Crippen LogP contribution in [0.3, 0.4) is 0 Å². The molecule has 0 radical (unpaired) electrons. The summed E-state index contributed by atoms with van der Waals surface area (Å²) in [5.74, 6) is 0.530. The number of nitrogens with one attached hydrogen (secondary N) is 2. The first-order valence-corrected chi connectivity index (χ1v) is 9.84. The van der Waals surface area contributed by atoms with Gasteiger partial charge in [0, 0.05) is 31.7 Å². The molecule has 1 amide bonds. The van der Waals surface area contributed by atoms with Crippen LogP contribution < -0.4 is 10.6 Å². The van der Waals surface area contributed by atoms with E-state index in [-0.39, 0.29) is 41.1 Å². The van der Waals surface area contributed by atoms with E-state index in [1.165, 1.54) is 12.1 Å². The third kappa shape index (κ3) is 6.89. The van der Waals surface area contributed by atoms with Crippen molar-refractivity contribution in [2.24, 2.45) is 10.4 Å². The number of hydrogen-bond acceptors (Lipinski definition) is 2. The molecule has 0 saturated heterocycles. The quantitative estimate of drug-likeness (QED) is 0.318. The monoisotopic (exact) mass is 554 g/mol. The van der Waals surface area contributed by atoms with E-state index >= 15 is 0 Å². The molecular weight excluding hydrogens is 526 g/mol. The van der Waals surface area contributed by atoms with Crippen LogP contribution in [0.2, 0.25) is 0 Å². The largest absolute Gasteiger partial charge is 0.357 e. The summed E-state index contributed by atoms with van der Waals surface area (Å²) in [5.41, 5.74) is 0.427. The zero-order valence-electron chi connectivity index (χ0n) is 16.1. The van der Waals surface area contributed by atoms with E-state index in [1.54, 1.807) is 4.90 Å². The Morgan fingerprint density at radius 3 is 2.48 bits per heavy atom. The minimum absolute atomic E-state index is 0. The highest BCUT2D eigenvalue weighted by atomic mass is 127. The van der Waals surface area contributed by atoms with Gasteiger partial charge in [-0.2, -0.15) is 0 Å². The molecule has 8 heteroatoms. The van der Waals surface area contributed by atoms with Crippen molar-refractivity contribution in [2.75, 3.05) is 27.2 Å². The zero-order valence-corrected chi connectivity index (χ0v) is 20.1. The highest BCUT2D eigenvalue weighted by Gasteiger charge is 2.42. The molecule has 0 bridgehead atoms. The molecule has 2 rings (SSSR count). The molecule has 0 unspecified atom stereocenters. The molecule has 0 aromatic heterocycles. The van der Waals surface area contributed by atoms with Gasteiger partial charge >= 0.3 is 0 Å². The molecular formula is C19H29BrFIN4O. The second kappa shape index (κ2) is 11.2. The van der Waals surface area contributed by atoms with Crippen LogP contribution in [0.1, 0.15) is 38.2 Å². The summed E-state index contributed by atoms with van der Waals surface area (Å²) in [6.07, 6.45) is 3.94. The smallest absolute Gasteiger partial charge is 0.230 e. The number of amides is 1. The van der Waals surface area contributed by atoms with Gasteiger partial charge in [-0.15, -0.1) is 24.0 Å². The summed E-state index contributed by atoms with van der Waals surface area (Å²) >= 11 is 3.30. The third-order valence-electron chi connectivity index (χ3n) is 4.70. The number of guanidine groups is 1. The Bertz CT molecular complexity index is 643. The number of carbonyl (C=O) groups excluding carboxylic acids is 1. The van der Waals surface area contributed by atoms with Gasteiger partial charge in [0.25, 0.3) is 0 Å². The molecule has 0 heterocycles. The van der Waals surface area contributed by atoms with Crippen molar-refractivity contribution in [3.8, 4) is 0 Å². The lowest BCUT2D eigenvalue weighted by atomic mass is 9.84. The lowest BCUT2D eigenvalue weighted by molar-refractivity contribution is -0.138. The number of hydrogen-bond donors (Lipinski definition) is 2. The van der Waals surface area contributed by atoms with Gasteiger partial charge in [0.2, 0.25) is 5.91 Å². The molecule has 1 aliphatic carbocycles. The standard InChI is InChI=1S/C19H28BrFN4O.HI/c1-4-22-18(23-12-14-9-15(20)11-16(21)10-14)24-13-19(7-5-6-8-19)17(26)25(2)3;/h9-11H,4-8,12-13H2,1-3H3,(H2,22,23,24);1H. The Morgan fingerprint density at radius 1 is 1.26 bits per heavy atom. The molecule has 0 atom stereocenters. The van der Waals surface area contributed by atoms with E-state index in [9.17, 15) is 9.18 Å². The Morgan fingerprint density at radius 2 is 1.93 bits per heavy atom. The zero-order chi connectivity index (χ0) is 19.2. The third-order valence-corrected chi connectivity index (χ3v) is 5.16. The van der Waals surface area contributed by atoms with Crippen molar-refractivity contribution < 1.29 is 9.18 Å². The number of nitrogens with zero attached hydrogens (tertiary/aromatic N) is 2. The van der Waals surface area contributed by atoms with Crippen molar-refractivity contribution >= 4 is 51.8 Å². The summed E-state index contributed by atoms with van der Waals surface area (Å²) in [6.45, 7) is 3.63. The molecule has 0 aliphatic heterocycles. The number of carbonyl (C=O) groups is 1. The van der Waals surface area contributed by atoms with E-state index in [2.05, 4.69) is 31.6 Å². The SMILES string of the molecule is CCNC(=NCc1cc(F)cc(Br)c1)NCC1(C(=O)N(C)C)CCCC1.I. The molecule has 27 heavy (non-hydrogen) atoms. The van der Waals surface area contributed by atoms with Crippen molar-refractivity contribution in [1.29, 1.82) is 0 Å². The number of benzene rings is 1. The fourth-order valence-electron chi connectivity index (χ4n) is 3.46. The van der Waals surface area contributed by atoms with E-state index < -0.39 is 0 Å². The summed E-state index contributed by atoms with van der Waals surface area (Å²) in [4.78, 5) is 18.9. The number of halogens is 3. The summed E-state index contributed by atoms with van der Waals surface area (Å²) < 4.78 is 14.2. The van der Waals surface area contributed by atoms with Crippen molar-refractivity contribution in [2.45, 2.75) is 39.2 Å². The van der Waals surface area contributed by atoms with Gasteiger partial charge in [-0.1, -0.05) is 28.8 Å². The van der Waals surface area contributed by atoms with Gasteiger partial charge in [0.05, 0.1) is 12.0 Å². The van der Waals surface area contributed by atoms with Crippen molar-refractivity contribution in [3.05, 3.63) is 34.1 Å². The van der Waals surface area contributed by atoms with Crippen LogP contribution in [0.5, 0.6) is 0 Å². The predicted molar refractivity (Wildman–Crippen MR) is 122 cm³/mol. The first-order chi connectivity index (χ1) is 12.4. The Kier molecular flexibility index (Phi) is 10.0. The maximum Gasteiger partial charge on any atom is 0.230 e. The molecule has 0 spiro atoms. The molecule has 2 N–H and O–H groups in total. The first kappa shape index (κ1) is 24.1. The van der Waals surface area contributed by atoms with Crippen LogP contribution in [0.4, 0.5) is 4.39 Å². The summed E-state index contributed by atoms with van der Waals surface area (Å²) in [7, 11) is 3.62. The molecule has 1 saturated carbocycles. The molecule has 1 aromatic rings. The normalized spacial score (nSPS) is 15.8. The van der Waals surface area contributed by atoms with Crippen LogP contribution in [0, 0.1) is 11.2 Å². The minimum Gasteiger partial charge on any atom is -0.357 e. The molecule has 1 fully saturated rings. The van der Waals surface area contributed by atoms with Gasteiger partial charge in [-0.25, -0.2) is 9.38 Å². The maximum atomic E-state index is 13.5. The maximum absolute atomic E-state index is 13.5. The predicted octanol–water partition coefficient (Wildman–Crippen LogP) is 3.91. The van der Waals surface area contributed by atoms with E-state index in [0.717, 1.165) is 31.2 Å². The molecule has 1 aromatic carbocycles. The molecule has 5 nitrogen and oxygen atoms in total. The number of rotatable bonds is 6. The highest BCUT2D eigenvalue weighted by molar-refractivity contribution is 14.0. The van der Waals surface area contributed by atoms with E-state index in [4.69, 9.17) is 0 Å². The van der Waals surface area contributed by atoms with Crippen LogP contribution in [0.15, 0.2) is 27.7 Å². The fourth-order valence-corrected chi connectivity index (χ4v) is 3.97. The average molecular weight is 555 g/mol. The highest BCUT2D eigenvalue weighted by Crippen LogP contribution is 2.38. The van der Waals surface area contributed by atoms with Crippen LogP contribution in [0.25, 0.3) is 0 Å². The molecule has 1 aliphatic rings. The Labute approximate surface area is 186 Å². The van der Waals surface area contributed by atoms with Crippen molar-refractivity contribution in [3.63, 3.8) is 0 Å². The Balaban J connectivity index is 0.00000364. The van der Waals surface area contributed by atoms with Crippen LogP contribution in [-0.4, -0.2) is 44.0 Å². The lowest BCUT2D eigenvalue weighted by Gasteiger charge is -2.31. The average Bonchev–Trinajstić information content (AvgIpc) is 3.06. The van der Waals surface area contributed by atoms with Crippen LogP contribution in [-0.2, 0) is 11.3 Å². The summed E-state index contributed by atoms with van der Waals surface area (Å²) in [5, 5.41) is 6.52. The van der Waals surface area contributed by atoms with Gasteiger partial charge in [-0.3, -0.25) is 4.79 Å². The fraction of sp³-hybridized carbons (Fsp3) is 0.579. The van der Waals surface area contributed by atoms with Gasteiger partial charge < -0.3 is 15.5 Å². The number of aliphatic imine (C=N–C) groups is 1. The van der Waals surface area contributed by atoms with Crippen LogP contribution >= 0.6 is 39.9 Å². The van der Waals surface area contributed by atoms with E-state index in [1.807, 2.05) is 27.1 Å². The molecule has 152 valence electrons. The van der Waals surface area contributed by atoms with Crippen molar-refractivity contribution in [1.82, 2.24) is 15.5 Å². The Hall–Kier alpha value is -0.900. The second-order valence-corrected chi connectivity index (χ2v) is 7.93. The topological polar surface area (TPSA) is 56.7 Å².